The Hall–Kier alpha value is -3.54. The van der Waals surface area contributed by atoms with E-state index in [1.807, 2.05) is 0 Å². The monoisotopic (exact) mass is 429 g/mol. The van der Waals surface area contributed by atoms with E-state index in [1.165, 1.54) is 25.1 Å². The number of benzene rings is 1. The number of aliphatic carboxylic acids is 1. The van der Waals surface area contributed by atoms with Crippen molar-refractivity contribution in [1.29, 1.82) is 0 Å². The molecule has 0 saturated carbocycles. The summed E-state index contributed by atoms with van der Waals surface area (Å²) in [5.74, 6) is -2.61. The second-order valence-electron chi connectivity index (χ2n) is 5.91. The molecule has 1 aromatic rings. The van der Waals surface area contributed by atoms with Crippen LogP contribution in [0.3, 0.4) is 0 Å². The minimum Gasteiger partial charge on any atom is -0.480 e. The van der Waals surface area contributed by atoms with Gasteiger partial charge in [-0.05, 0) is 31.0 Å². The van der Waals surface area contributed by atoms with E-state index >= 15 is 0 Å². The molecule has 0 aliphatic heterocycles. The molecule has 0 fully saturated rings. The van der Waals surface area contributed by atoms with E-state index in [4.69, 9.17) is 19.9 Å². The first kappa shape index (κ1) is 24.5. The van der Waals surface area contributed by atoms with Gasteiger partial charge in [0.15, 0.2) is 11.5 Å². The van der Waals surface area contributed by atoms with Gasteiger partial charge in [-0.2, -0.15) is 0 Å². The van der Waals surface area contributed by atoms with E-state index in [1.54, 1.807) is 0 Å². The minimum absolute atomic E-state index is 0.00254. The van der Waals surface area contributed by atoms with Gasteiger partial charge in [0.25, 0.3) is 0 Å². The van der Waals surface area contributed by atoms with Crippen molar-refractivity contribution in [3.8, 4) is 11.5 Å². The van der Waals surface area contributed by atoms with E-state index in [0.29, 0.717) is 5.56 Å². The number of carbonyl (C=O) groups is 4. The van der Waals surface area contributed by atoms with Crippen LogP contribution in [0, 0.1) is 0 Å². The average molecular weight is 429 g/mol. The summed E-state index contributed by atoms with van der Waals surface area (Å²) in [6, 6.07) is 2.54. The topological polar surface area (TPSA) is 170 Å². The highest BCUT2D eigenvalue weighted by molar-refractivity contribution is 5.75. The molecule has 30 heavy (non-hydrogen) atoms. The van der Waals surface area contributed by atoms with Gasteiger partial charge in [0.1, 0.15) is 12.1 Å². The van der Waals surface area contributed by atoms with Gasteiger partial charge in [0.05, 0.1) is 21.3 Å². The molecule has 12 heteroatoms. The van der Waals surface area contributed by atoms with Gasteiger partial charge in [-0.3, -0.25) is 4.79 Å². The molecule has 3 atom stereocenters. The lowest BCUT2D eigenvalue weighted by Crippen LogP contribution is -2.38. The average Bonchev–Trinajstić information content (AvgIpc) is 2.72. The van der Waals surface area contributed by atoms with Crippen LogP contribution in [0.1, 0.15) is 24.8 Å². The summed E-state index contributed by atoms with van der Waals surface area (Å²) in [7, 11) is 3.29. The predicted molar refractivity (Wildman–Crippen MR) is 98.4 cm³/mol. The van der Waals surface area contributed by atoms with Crippen LogP contribution in [-0.2, 0) is 23.7 Å². The van der Waals surface area contributed by atoms with E-state index in [9.17, 15) is 24.3 Å². The third-order valence-corrected chi connectivity index (χ3v) is 3.88. The number of hydrogen-bond acceptors (Lipinski definition) is 11. The van der Waals surface area contributed by atoms with Crippen LogP contribution in [0.4, 0.5) is 14.4 Å². The molecule has 2 unspecified atom stereocenters. The smallest absolute Gasteiger partial charge is 0.480 e. The summed E-state index contributed by atoms with van der Waals surface area (Å²) in [6.07, 6.45) is -3.89. The van der Waals surface area contributed by atoms with Crippen molar-refractivity contribution in [2.75, 3.05) is 21.3 Å². The van der Waals surface area contributed by atoms with Gasteiger partial charge < -0.3 is 39.3 Å². The fourth-order valence-electron chi connectivity index (χ4n) is 2.46. The highest BCUT2D eigenvalue weighted by Gasteiger charge is 2.30. The molecule has 166 valence electrons. The van der Waals surface area contributed by atoms with Crippen molar-refractivity contribution in [3.63, 3.8) is 0 Å². The highest BCUT2D eigenvalue weighted by atomic mass is 16.7. The molecule has 0 aliphatic carbocycles. The zero-order valence-electron chi connectivity index (χ0n) is 16.8. The van der Waals surface area contributed by atoms with E-state index in [-0.39, 0.29) is 17.9 Å². The summed E-state index contributed by atoms with van der Waals surface area (Å²) in [5.41, 5.74) is 6.12. The lowest BCUT2D eigenvalue weighted by Gasteiger charge is -2.25. The standard InChI is InChI=1S/C18H23NO11/c1-9(28-16(22)25-2)7-11(14(19)15(20)21)10-5-6-12(29-17(23)26-3)13(8-10)30-18(24)27-4/h5-6,8-9,11,14H,7,19H2,1-4H3,(H,20,21)/t9?,11?,14-/m0/s1. The van der Waals surface area contributed by atoms with E-state index in [0.717, 1.165) is 21.3 Å². The van der Waals surface area contributed by atoms with Crippen LogP contribution in [0.15, 0.2) is 18.2 Å². The Bertz CT molecular complexity index is 779. The molecule has 3 N–H and O–H groups in total. The number of hydrogen-bond donors (Lipinski definition) is 2. The molecular formula is C18H23NO11. The van der Waals surface area contributed by atoms with Crippen LogP contribution in [0.25, 0.3) is 0 Å². The normalized spacial score (nSPS) is 13.2. The maximum atomic E-state index is 11.5. The number of ether oxygens (including phenoxy) is 6. The second-order valence-corrected chi connectivity index (χ2v) is 5.91. The van der Waals surface area contributed by atoms with E-state index < -0.39 is 42.5 Å². The number of methoxy groups -OCH3 is 3. The van der Waals surface area contributed by atoms with Crippen molar-refractivity contribution in [2.24, 2.45) is 5.73 Å². The van der Waals surface area contributed by atoms with Crippen molar-refractivity contribution in [3.05, 3.63) is 23.8 Å². The minimum atomic E-state index is -1.40. The number of carboxylic acids is 1. The zero-order valence-corrected chi connectivity index (χ0v) is 16.8. The molecular weight excluding hydrogens is 406 g/mol. The fourth-order valence-corrected chi connectivity index (χ4v) is 2.46. The fraction of sp³-hybridized carbons (Fsp3) is 0.444. The Morgan fingerprint density at radius 3 is 1.97 bits per heavy atom. The van der Waals surface area contributed by atoms with Gasteiger partial charge in [0, 0.05) is 5.92 Å². The zero-order chi connectivity index (χ0) is 22.8. The van der Waals surface area contributed by atoms with Crippen LogP contribution < -0.4 is 15.2 Å². The van der Waals surface area contributed by atoms with Crippen molar-refractivity contribution >= 4 is 24.4 Å². The molecule has 0 aliphatic rings. The predicted octanol–water partition coefficient (Wildman–Crippen LogP) is 2.03. The molecule has 0 radical (unpaired) electrons. The Labute approximate surface area is 171 Å². The van der Waals surface area contributed by atoms with Gasteiger partial charge in [-0.25, -0.2) is 14.4 Å². The van der Waals surface area contributed by atoms with Crippen molar-refractivity contribution in [2.45, 2.75) is 31.4 Å². The van der Waals surface area contributed by atoms with Crippen molar-refractivity contribution < 1.29 is 52.7 Å². The number of rotatable bonds is 8. The lowest BCUT2D eigenvalue weighted by atomic mass is 9.87. The van der Waals surface area contributed by atoms with Crippen LogP contribution in [0.2, 0.25) is 0 Å². The van der Waals surface area contributed by atoms with E-state index in [2.05, 4.69) is 14.2 Å². The second kappa shape index (κ2) is 11.5. The quantitative estimate of drug-likeness (QED) is 0.350. The first-order valence-corrected chi connectivity index (χ1v) is 8.51. The van der Waals surface area contributed by atoms with Crippen LogP contribution >= 0.6 is 0 Å². The number of carboxylic acid groups (broad SMARTS) is 1. The van der Waals surface area contributed by atoms with Gasteiger partial charge >= 0.3 is 24.4 Å². The Morgan fingerprint density at radius 2 is 1.47 bits per heavy atom. The number of carbonyl (C=O) groups excluding carboxylic acids is 3. The Balaban J connectivity index is 3.31. The van der Waals surface area contributed by atoms with Crippen LogP contribution in [-0.4, -0.2) is 63.0 Å². The summed E-state index contributed by atoms with van der Waals surface area (Å²) >= 11 is 0. The molecule has 0 heterocycles. The maximum absolute atomic E-state index is 11.5. The third-order valence-electron chi connectivity index (χ3n) is 3.88. The Kier molecular flexibility index (Phi) is 9.36. The first-order valence-electron chi connectivity index (χ1n) is 8.51. The molecule has 0 bridgehead atoms. The first-order chi connectivity index (χ1) is 14.1. The Morgan fingerprint density at radius 1 is 0.933 bits per heavy atom. The summed E-state index contributed by atoms with van der Waals surface area (Å²) < 4.78 is 28.1. The van der Waals surface area contributed by atoms with Crippen molar-refractivity contribution in [1.82, 2.24) is 0 Å². The van der Waals surface area contributed by atoms with Gasteiger partial charge in [0.2, 0.25) is 0 Å². The largest absolute Gasteiger partial charge is 0.513 e. The summed E-state index contributed by atoms with van der Waals surface area (Å²) in [4.78, 5) is 45.7. The molecule has 0 spiro atoms. The molecule has 0 saturated heterocycles. The van der Waals surface area contributed by atoms with Gasteiger partial charge in [-0.15, -0.1) is 0 Å². The van der Waals surface area contributed by atoms with Gasteiger partial charge in [-0.1, -0.05) is 6.07 Å². The molecule has 0 aromatic heterocycles. The van der Waals surface area contributed by atoms with Crippen LogP contribution in [0.5, 0.6) is 11.5 Å². The SMILES string of the molecule is COC(=O)Oc1ccc(C(CC(C)OC(=O)OC)[C@H](N)C(=O)O)cc1OC(=O)OC. The summed E-state index contributed by atoms with van der Waals surface area (Å²) in [6.45, 7) is 1.53. The molecule has 0 amide bonds. The third kappa shape index (κ3) is 7.13. The number of nitrogens with two attached hydrogens (primary N) is 1. The molecule has 1 aromatic carbocycles. The summed E-state index contributed by atoms with van der Waals surface area (Å²) in [5, 5.41) is 9.36. The molecule has 12 nitrogen and oxygen atoms in total. The lowest BCUT2D eigenvalue weighted by molar-refractivity contribution is -0.139. The highest BCUT2D eigenvalue weighted by Crippen LogP contribution is 2.35. The maximum Gasteiger partial charge on any atom is 0.513 e. The molecule has 1 rings (SSSR count).